The topological polar surface area (TPSA) is 46.9 Å². The molecule has 16 heavy (non-hydrogen) atoms. The first kappa shape index (κ1) is 10.4. The smallest absolute Gasteiger partial charge is 0.251 e. The fourth-order valence-corrected chi connectivity index (χ4v) is 1.44. The number of nitrogens with one attached hydrogen (secondary N) is 1. The van der Waals surface area contributed by atoms with Crippen molar-refractivity contribution in [2.45, 2.75) is 6.54 Å². The van der Waals surface area contributed by atoms with Crippen LogP contribution in [0, 0.1) is 0 Å². The molecule has 0 fully saturated rings. The van der Waals surface area contributed by atoms with E-state index in [1.54, 1.807) is 23.0 Å². The van der Waals surface area contributed by atoms with E-state index in [4.69, 9.17) is 0 Å². The SMILES string of the molecule is Cn1cc(CNC(=O)c2ccccc2)cn1. The van der Waals surface area contributed by atoms with Crippen LogP contribution in [0.1, 0.15) is 15.9 Å². The van der Waals surface area contributed by atoms with Gasteiger partial charge in [0.05, 0.1) is 6.20 Å². The van der Waals surface area contributed by atoms with Gasteiger partial charge in [0.2, 0.25) is 0 Å². The first-order valence-corrected chi connectivity index (χ1v) is 5.06. The van der Waals surface area contributed by atoms with Crippen LogP contribution < -0.4 is 5.32 Å². The fourth-order valence-electron chi connectivity index (χ4n) is 1.44. The lowest BCUT2D eigenvalue weighted by Crippen LogP contribution is -2.22. The van der Waals surface area contributed by atoms with E-state index in [0.29, 0.717) is 12.1 Å². The van der Waals surface area contributed by atoms with Crippen molar-refractivity contribution in [3.05, 3.63) is 53.9 Å². The minimum Gasteiger partial charge on any atom is -0.348 e. The predicted octanol–water partition coefficient (Wildman–Crippen LogP) is 1.35. The molecule has 0 saturated heterocycles. The molecular formula is C12H13N3O. The zero-order chi connectivity index (χ0) is 11.4. The zero-order valence-electron chi connectivity index (χ0n) is 9.05. The van der Waals surface area contributed by atoms with E-state index in [2.05, 4.69) is 10.4 Å². The molecule has 2 rings (SSSR count). The molecule has 82 valence electrons. The van der Waals surface area contributed by atoms with Crippen molar-refractivity contribution in [3.8, 4) is 0 Å². The van der Waals surface area contributed by atoms with Crippen LogP contribution in [0.4, 0.5) is 0 Å². The molecule has 1 aromatic heterocycles. The van der Waals surface area contributed by atoms with E-state index in [1.165, 1.54) is 0 Å². The minimum absolute atomic E-state index is 0.0653. The Morgan fingerprint density at radius 1 is 1.38 bits per heavy atom. The maximum Gasteiger partial charge on any atom is 0.251 e. The summed E-state index contributed by atoms with van der Waals surface area (Å²) in [7, 11) is 1.85. The molecule has 4 heteroatoms. The average Bonchev–Trinajstić information content (AvgIpc) is 2.73. The van der Waals surface area contributed by atoms with Crippen LogP contribution in [0.15, 0.2) is 42.7 Å². The highest BCUT2D eigenvalue weighted by atomic mass is 16.1. The van der Waals surface area contributed by atoms with E-state index >= 15 is 0 Å². The standard InChI is InChI=1S/C12H13N3O/c1-15-9-10(8-14-15)7-13-12(16)11-5-3-2-4-6-11/h2-6,8-9H,7H2,1H3,(H,13,16). The molecule has 0 unspecified atom stereocenters. The molecule has 0 bridgehead atoms. The van der Waals surface area contributed by atoms with Gasteiger partial charge in [0.15, 0.2) is 0 Å². The lowest BCUT2D eigenvalue weighted by Gasteiger charge is -2.02. The molecule has 0 radical (unpaired) electrons. The Labute approximate surface area is 93.9 Å². The lowest BCUT2D eigenvalue weighted by atomic mass is 10.2. The van der Waals surface area contributed by atoms with Gasteiger partial charge in [-0.25, -0.2) is 0 Å². The second-order valence-corrected chi connectivity index (χ2v) is 3.57. The molecule has 0 aliphatic carbocycles. The summed E-state index contributed by atoms with van der Waals surface area (Å²) in [5, 5.41) is 6.87. The summed E-state index contributed by atoms with van der Waals surface area (Å²) in [5.74, 6) is -0.0653. The zero-order valence-corrected chi connectivity index (χ0v) is 9.05. The Kier molecular flexibility index (Phi) is 3.00. The van der Waals surface area contributed by atoms with Crippen LogP contribution >= 0.6 is 0 Å². The van der Waals surface area contributed by atoms with E-state index < -0.39 is 0 Å². The number of hydrogen-bond donors (Lipinski definition) is 1. The van der Waals surface area contributed by atoms with Gasteiger partial charge in [-0.3, -0.25) is 9.48 Å². The molecule has 1 amide bonds. The first-order valence-electron chi connectivity index (χ1n) is 5.06. The summed E-state index contributed by atoms with van der Waals surface area (Å²) in [4.78, 5) is 11.7. The number of hydrogen-bond acceptors (Lipinski definition) is 2. The Bertz CT molecular complexity index is 476. The normalized spacial score (nSPS) is 10.1. The van der Waals surface area contributed by atoms with Gasteiger partial charge in [-0.1, -0.05) is 18.2 Å². The summed E-state index contributed by atoms with van der Waals surface area (Å²) < 4.78 is 1.71. The van der Waals surface area contributed by atoms with Gasteiger partial charge in [0, 0.05) is 30.9 Å². The van der Waals surface area contributed by atoms with Gasteiger partial charge in [-0.2, -0.15) is 5.10 Å². The third-order valence-electron chi connectivity index (χ3n) is 2.25. The number of carbonyl (C=O) groups excluding carboxylic acids is 1. The predicted molar refractivity (Wildman–Crippen MR) is 60.8 cm³/mol. The van der Waals surface area contributed by atoms with E-state index in [1.807, 2.05) is 31.4 Å². The minimum atomic E-state index is -0.0653. The average molecular weight is 215 g/mol. The summed E-state index contributed by atoms with van der Waals surface area (Å²) in [5.41, 5.74) is 1.66. The maximum absolute atomic E-state index is 11.7. The largest absolute Gasteiger partial charge is 0.348 e. The number of amides is 1. The molecule has 1 aromatic carbocycles. The van der Waals surface area contributed by atoms with Crippen LogP contribution in [0.3, 0.4) is 0 Å². The Balaban J connectivity index is 1.94. The van der Waals surface area contributed by atoms with Crippen LogP contribution in [0.5, 0.6) is 0 Å². The van der Waals surface area contributed by atoms with Gasteiger partial charge in [-0.05, 0) is 12.1 Å². The van der Waals surface area contributed by atoms with Crippen molar-refractivity contribution in [2.24, 2.45) is 7.05 Å². The number of carbonyl (C=O) groups is 1. The first-order chi connectivity index (χ1) is 7.75. The number of rotatable bonds is 3. The molecule has 0 atom stereocenters. The van der Waals surface area contributed by atoms with Gasteiger partial charge < -0.3 is 5.32 Å². The van der Waals surface area contributed by atoms with Crippen molar-refractivity contribution in [2.75, 3.05) is 0 Å². The molecule has 2 aromatic rings. The van der Waals surface area contributed by atoms with Crippen LogP contribution in [0.25, 0.3) is 0 Å². The Morgan fingerprint density at radius 2 is 2.12 bits per heavy atom. The number of aromatic nitrogens is 2. The Hall–Kier alpha value is -2.10. The van der Waals surface area contributed by atoms with Gasteiger partial charge in [0.25, 0.3) is 5.91 Å². The number of benzene rings is 1. The third-order valence-corrected chi connectivity index (χ3v) is 2.25. The van der Waals surface area contributed by atoms with Crippen molar-refractivity contribution < 1.29 is 4.79 Å². The number of aryl methyl sites for hydroxylation is 1. The summed E-state index contributed by atoms with van der Waals surface area (Å²) >= 11 is 0. The summed E-state index contributed by atoms with van der Waals surface area (Å²) in [6.07, 6.45) is 3.62. The van der Waals surface area contributed by atoms with E-state index in [-0.39, 0.29) is 5.91 Å². The molecular weight excluding hydrogens is 202 g/mol. The summed E-state index contributed by atoms with van der Waals surface area (Å²) in [6, 6.07) is 9.16. The lowest BCUT2D eigenvalue weighted by molar-refractivity contribution is 0.0951. The maximum atomic E-state index is 11.7. The van der Waals surface area contributed by atoms with Crippen LogP contribution in [-0.4, -0.2) is 15.7 Å². The third kappa shape index (κ3) is 2.48. The van der Waals surface area contributed by atoms with Crippen LogP contribution in [-0.2, 0) is 13.6 Å². The fraction of sp³-hybridized carbons (Fsp3) is 0.167. The van der Waals surface area contributed by atoms with Gasteiger partial charge in [-0.15, -0.1) is 0 Å². The molecule has 4 nitrogen and oxygen atoms in total. The second kappa shape index (κ2) is 4.61. The molecule has 0 spiro atoms. The monoisotopic (exact) mass is 215 g/mol. The second-order valence-electron chi connectivity index (χ2n) is 3.57. The molecule has 1 N–H and O–H groups in total. The van der Waals surface area contributed by atoms with Gasteiger partial charge in [0.1, 0.15) is 0 Å². The van der Waals surface area contributed by atoms with Crippen LogP contribution in [0.2, 0.25) is 0 Å². The highest BCUT2D eigenvalue weighted by molar-refractivity contribution is 5.94. The number of nitrogens with zero attached hydrogens (tertiary/aromatic N) is 2. The van der Waals surface area contributed by atoms with E-state index in [0.717, 1.165) is 5.56 Å². The quantitative estimate of drug-likeness (QED) is 0.840. The highest BCUT2D eigenvalue weighted by Crippen LogP contribution is 2.00. The van der Waals surface area contributed by atoms with Gasteiger partial charge >= 0.3 is 0 Å². The van der Waals surface area contributed by atoms with Crippen molar-refractivity contribution in [1.82, 2.24) is 15.1 Å². The van der Waals surface area contributed by atoms with E-state index in [9.17, 15) is 4.79 Å². The van der Waals surface area contributed by atoms with Crippen molar-refractivity contribution in [1.29, 1.82) is 0 Å². The molecule has 0 aliphatic heterocycles. The molecule has 1 heterocycles. The summed E-state index contributed by atoms with van der Waals surface area (Å²) in [6.45, 7) is 0.502. The highest BCUT2D eigenvalue weighted by Gasteiger charge is 2.04. The molecule has 0 saturated carbocycles. The molecule has 0 aliphatic rings. The Morgan fingerprint density at radius 3 is 2.75 bits per heavy atom. The van der Waals surface area contributed by atoms with Crippen molar-refractivity contribution >= 4 is 5.91 Å². The van der Waals surface area contributed by atoms with Crippen molar-refractivity contribution in [3.63, 3.8) is 0 Å².